The van der Waals surface area contributed by atoms with Gasteiger partial charge in [0.25, 0.3) is 5.91 Å². The highest BCUT2D eigenvalue weighted by Gasteiger charge is 2.19. The SMILES string of the molecule is Cc1cc(=O)c(C(=O)NC[C@@H](c2ccccc2)N(C)C)nn1-c1ccccc1. The van der Waals surface area contributed by atoms with Gasteiger partial charge in [-0.1, -0.05) is 48.5 Å². The van der Waals surface area contributed by atoms with Gasteiger partial charge in [-0.05, 0) is 38.7 Å². The van der Waals surface area contributed by atoms with E-state index in [4.69, 9.17) is 0 Å². The zero-order valence-electron chi connectivity index (χ0n) is 16.3. The third kappa shape index (κ3) is 4.35. The number of carbonyl (C=O) groups excluding carboxylic acids is 1. The van der Waals surface area contributed by atoms with E-state index in [1.165, 1.54) is 6.07 Å². The van der Waals surface area contributed by atoms with Crippen molar-refractivity contribution in [3.8, 4) is 5.69 Å². The number of likely N-dealkylation sites (N-methyl/N-ethyl adjacent to an activating group) is 1. The first kappa shape index (κ1) is 19.5. The van der Waals surface area contributed by atoms with E-state index in [1.54, 1.807) is 11.6 Å². The Labute approximate surface area is 164 Å². The predicted molar refractivity (Wildman–Crippen MR) is 110 cm³/mol. The lowest BCUT2D eigenvalue weighted by Crippen LogP contribution is -2.37. The van der Waals surface area contributed by atoms with E-state index in [9.17, 15) is 9.59 Å². The van der Waals surface area contributed by atoms with Crippen LogP contribution in [0, 0.1) is 6.92 Å². The number of aryl methyl sites for hydroxylation is 1. The fourth-order valence-corrected chi connectivity index (χ4v) is 3.08. The van der Waals surface area contributed by atoms with Gasteiger partial charge in [0.2, 0.25) is 5.43 Å². The van der Waals surface area contributed by atoms with Crippen LogP contribution in [0.5, 0.6) is 0 Å². The molecule has 0 aliphatic carbocycles. The van der Waals surface area contributed by atoms with E-state index < -0.39 is 5.91 Å². The molecule has 144 valence electrons. The lowest BCUT2D eigenvalue weighted by Gasteiger charge is -2.25. The van der Waals surface area contributed by atoms with Crippen LogP contribution in [-0.2, 0) is 0 Å². The first-order chi connectivity index (χ1) is 13.5. The smallest absolute Gasteiger partial charge is 0.275 e. The van der Waals surface area contributed by atoms with Crippen molar-refractivity contribution in [1.29, 1.82) is 0 Å². The number of nitrogens with zero attached hydrogens (tertiary/aromatic N) is 3. The first-order valence-electron chi connectivity index (χ1n) is 9.13. The van der Waals surface area contributed by atoms with Crippen molar-refractivity contribution in [3.63, 3.8) is 0 Å². The lowest BCUT2D eigenvalue weighted by molar-refractivity contribution is 0.0934. The quantitative estimate of drug-likeness (QED) is 0.718. The van der Waals surface area contributed by atoms with Gasteiger partial charge in [0, 0.05) is 18.3 Å². The van der Waals surface area contributed by atoms with Crippen molar-refractivity contribution in [1.82, 2.24) is 20.0 Å². The lowest BCUT2D eigenvalue weighted by atomic mass is 10.1. The number of hydrogen-bond acceptors (Lipinski definition) is 4. The van der Waals surface area contributed by atoms with E-state index >= 15 is 0 Å². The monoisotopic (exact) mass is 376 g/mol. The normalized spacial score (nSPS) is 12.0. The number of nitrogens with one attached hydrogen (secondary N) is 1. The van der Waals surface area contributed by atoms with Crippen molar-refractivity contribution >= 4 is 5.91 Å². The van der Waals surface area contributed by atoms with Crippen molar-refractivity contribution in [2.24, 2.45) is 0 Å². The van der Waals surface area contributed by atoms with Crippen LogP contribution >= 0.6 is 0 Å². The van der Waals surface area contributed by atoms with Crippen molar-refractivity contribution < 1.29 is 4.79 Å². The molecule has 2 aromatic carbocycles. The molecule has 1 aromatic heterocycles. The van der Waals surface area contributed by atoms with Crippen molar-refractivity contribution in [2.45, 2.75) is 13.0 Å². The summed E-state index contributed by atoms with van der Waals surface area (Å²) in [7, 11) is 3.91. The second-order valence-corrected chi connectivity index (χ2v) is 6.85. The van der Waals surface area contributed by atoms with Gasteiger partial charge in [0.1, 0.15) is 0 Å². The molecule has 1 heterocycles. The highest BCUT2D eigenvalue weighted by atomic mass is 16.2. The molecule has 0 bridgehead atoms. The molecule has 1 N–H and O–H groups in total. The van der Waals surface area contributed by atoms with Crippen LogP contribution in [0.15, 0.2) is 71.5 Å². The van der Waals surface area contributed by atoms with E-state index in [1.807, 2.05) is 79.7 Å². The molecular weight excluding hydrogens is 352 g/mol. The molecule has 0 unspecified atom stereocenters. The number of rotatable bonds is 6. The fraction of sp³-hybridized carbons (Fsp3) is 0.227. The molecule has 0 spiro atoms. The highest BCUT2D eigenvalue weighted by molar-refractivity contribution is 5.92. The molecule has 28 heavy (non-hydrogen) atoms. The van der Waals surface area contributed by atoms with E-state index in [-0.39, 0.29) is 17.2 Å². The summed E-state index contributed by atoms with van der Waals surface area (Å²) in [5.74, 6) is -0.475. The average Bonchev–Trinajstić information content (AvgIpc) is 2.69. The van der Waals surface area contributed by atoms with Crippen LogP contribution in [-0.4, -0.2) is 41.2 Å². The van der Waals surface area contributed by atoms with Gasteiger partial charge in [-0.2, -0.15) is 5.10 Å². The van der Waals surface area contributed by atoms with Crippen LogP contribution < -0.4 is 10.7 Å². The van der Waals surface area contributed by atoms with Gasteiger partial charge >= 0.3 is 0 Å². The second kappa shape index (κ2) is 8.63. The first-order valence-corrected chi connectivity index (χ1v) is 9.13. The third-order valence-electron chi connectivity index (χ3n) is 4.59. The summed E-state index contributed by atoms with van der Waals surface area (Å²) in [6.07, 6.45) is 0. The van der Waals surface area contributed by atoms with Crippen molar-refractivity contribution in [3.05, 3.63) is 93.9 Å². The standard InChI is InChI=1S/C22H24N4O2/c1-16-14-20(27)21(24-26(16)18-12-8-5-9-13-18)22(28)23-15-19(25(2)3)17-10-6-4-7-11-17/h4-14,19H,15H2,1-3H3,(H,23,28)/t19-/m0/s1. The van der Waals surface area contributed by atoms with E-state index in [2.05, 4.69) is 10.4 Å². The Morgan fingerprint density at radius 3 is 2.29 bits per heavy atom. The molecule has 0 aliphatic rings. The molecule has 0 saturated carbocycles. The van der Waals surface area contributed by atoms with Gasteiger partial charge in [0.05, 0.1) is 11.7 Å². The Hall–Kier alpha value is -3.25. The van der Waals surface area contributed by atoms with Gasteiger partial charge < -0.3 is 10.2 Å². The van der Waals surface area contributed by atoms with Crippen LogP contribution in [0.1, 0.15) is 27.8 Å². The Bertz CT molecular complexity index is 998. The van der Waals surface area contributed by atoms with Gasteiger partial charge in [-0.25, -0.2) is 4.68 Å². The van der Waals surface area contributed by atoms with Crippen molar-refractivity contribution in [2.75, 3.05) is 20.6 Å². The minimum atomic E-state index is -0.475. The zero-order chi connectivity index (χ0) is 20.1. The summed E-state index contributed by atoms with van der Waals surface area (Å²) in [6.45, 7) is 2.16. The van der Waals surface area contributed by atoms with Gasteiger partial charge in [-0.15, -0.1) is 0 Å². The number of para-hydroxylation sites is 1. The molecule has 0 saturated heterocycles. The predicted octanol–water partition coefficient (Wildman–Crippen LogP) is 2.57. The average molecular weight is 376 g/mol. The minimum absolute atomic E-state index is 0.00746. The molecule has 0 radical (unpaired) electrons. The molecule has 1 atom stereocenters. The maximum atomic E-state index is 12.7. The number of carbonyl (C=O) groups is 1. The number of benzene rings is 2. The molecular formula is C22H24N4O2. The zero-order valence-corrected chi connectivity index (χ0v) is 16.3. The Morgan fingerprint density at radius 1 is 1.07 bits per heavy atom. The van der Waals surface area contributed by atoms with Gasteiger partial charge in [-0.3, -0.25) is 9.59 Å². The Kier molecular flexibility index (Phi) is 6.01. The van der Waals surface area contributed by atoms with Crippen LogP contribution in [0.25, 0.3) is 5.69 Å². The third-order valence-corrected chi connectivity index (χ3v) is 4.59. The molecule has 3 rings (SSSR count). The number of aromatic nitrogens is 2. The summed E-state index contributed by atoms with van der Waals surface area (Å²) in [5, 5.41) is 7.18. The topological polar surface area (TPSA) is 67.2 Å². The molecule has 6 heteroatoms. The summed E-state index contributed by atoms with van der Waals surface area (Å²) in [6, 6.07) is 20.8. The molecule has 0 aliphatic heterocycles. The van der Waals surface area contributed by atoms with E-state index in [0.717, 1.165) is 11.3 Å². The van der Waals surface area contributed by atoms with Gasteiger partial charge in [0.15, 0.2) is 5.69 Å². The maximum Gasteiger partial charge on any atom is 0.275 e. The molecule has 6 nitrogen and oxygen atoms in total. The molecule has 1 amide bonds. The summed E-state index contributed by atoms with van der Waals surface area (Å²) < 4.78 is 1.61. The van der Waals surface area contributed by atoms with Crippen LogP contribution in [0.4, 0.5) is 0 Å². The number of hydrogen-bond donors (Lipinski definition) is 1. The minimum Gasteiger partial charge on any atom is -0.349 e. The van der Waals surface area contributed by atoms with E-state index in [0.29, 0.717) is 12.2 Å². The summed E-state index contributed by atoms with van der Waals surface area (Å²) in [4.78, 5) is 27.1. The Morgan fingerprint density at radius 2 is 1.68 bits per heavy atom. The maximum absolute atomic E-state index is 12.7. The molecule has 0 fully saturated rings. The second-order valence-electron chi connectivity index (χ2n) is 6.85. The highest BCUT2D eigenvalue weighted by Crippen LogP contribution is 2.16. The Balaban J connectivity index is 1.83. The number of amides is 1. The largest absolute Gasteiger partial charge is 0.349 e. The van der Waals surface area contributed by atoms with Crippen LogP contribution in [0.2, 0.25) is 0 Å². The summed E-state index contributed by atoms with van der Waals surface area (Å²) in [5.41, 5.74) is 2.06. The van der Waals surface area contributed by atoms with Crippen LogP contribution in [0.3, 0.4) is 0 Å². The summed E-state index contributed by atoms with van der Waals surface area (Å²) >= 11 is 0. The fourth-order valence-electron chi connectivity index (χ4n) is 3.08. The molecule has 3 aromatic rings.